The van der Waals surface area contributed by atoms with Crippen molar-refractivity contribution in [3.63, 3.8) is 0 Å². The van der Waals surface area contributed by atoms with Gasteiger partial charge in [0.1, 0.15) is 0 Å². The van der Waals surface area contributed by atoms with Crippen molar-refractivity contribution >= 4 is 5.91 Å². The van der Waals surface area contributed by atoms with Crippen LogP contribution in [0.1, 0.15) is 21.7 Å². The minimum atomic E-state index is -0.422. The fraction of sp³-hybridized carbons (Fsp3) is 0.200. The molecule has 1 amide bonds. The molecule has 0 fully saturated rings. The highest BCUT2D eigenvalue weighted by molar-refractivity contribution is 5.90. The predicted octanol–water partition coefficient (Wildman–Crippen LogP) is 0.283. The first-order chi connectivity index (χ1) is 11.1. The number of hydrogen-bond donors (Lipinski definition) is 2. The molecular formula is C15H16N6O2. The lowest BCUT2D eigenvalue weighted by atomic mass is 10.1. The molecule has 8 nitrogen and oxygen atoms in total. The van der Waals surface area contributed by atoms with Gasteiger partial charge in [-0.1, -0.05) is 24.3 Å². The van der Waals surface area contributed by atoms with Crippen LogP contribution in [0.2, 0.25) is 0 Å². The fourth-order valence-corrected chi connectivity index (χ4v) is 2.22. The van der Waals surface area contributed by atoms with Crippen LogP contribution in [-0.2, 0) is 20.1 Å². The average molecular weight is 312 g/mol. The Morgan fingerprint density at radius 1 is 1.26 bits per heavy atom. The third-order valence-electron chi connectivity index (χ3n) is 3.43. The molecule has 118 valence electrons. The van der Waals surface area contributed by atoms with Gasteiger partial charge >= 0.3 is 5.69 Å². The number of aryl methyl sites for hydroxylation is 1. The molecule has 0 aliphatic carbocycles. The molecule has 0 saturated carbocycles. The van der Waals surface area contributed by atoms with Gasteiger partial charge in [0, 0.05) is 26.0 Å². The first-order valence-corrected chi connectivity index (χ1v) is 7.09. The van der Waals surface area contributed by atoms with Crippen LogP contribution in [0, 0.1) is 0 Å². The molecule has 0 aliphatic rings. The molecule has 0 radical (unpaired) electrons. The van der Waals surface area contributed by atoms with Crippen molar-refractivity contribution < 1.29 is 4.79 Å². The van der Waals surface area contributed by atoms with E-state index >= 15 is 0 Å². The van der Waals surface area contributed by atoms with Gasteiger partial charge in [-0.2, -0.15) is 5.10 Å². The molecule has 0 spiro atoms. The van der Waals surface area contributed by atoms with Crippen molar-refractivity contribution in [2.45, 2.75) is 13.1 Å². The normalized spacial score (nSPS) is 10.7. The standard InChI is InChI=1S/C15H16N6O2/c1-20-15(23)18-13(19-20)14(22)16-9-11-5-2-3-6-12(11)10-21-8-4-7-17-21/h2-8H,9-10H2,1H3,(H,16,22)(H,18,19,23). The van der Waals surface area contributed by atoms with E-state index in [9.17, 15) is 9.59 Å². The highest BCUT2D eigenvalue weighted by atomic mass is 16.2. The Morgan fingerprint density at radius 3 is 2.70 bits per heavy atom. The van der Waals surface area contributed by atoms with Crippen LogP contribution >= 0.6 is 0 Å². The van der Waals surface area contributed by atoms with E-state index in [-0.39, 0.29) is 5.82 Å². The largest absolute Gasteiger partial charge is 0.345 e. The minimum absolute atomic E-state index is 0.00190. The van der Waals surface area contributed by atoms with E-state index in [1.165, 1.54) is 7.05 Å². The first kappa shape index (κ1) is 14.8. The van der Waals surface area contributed by atoms with Gasteiger partial charge in [0.05, 0.1) is 6.54 Å². The summed E-state index contributed by atoms with van der Waals surface area (Å²) in [5.41, 5.74) is 1.62. The topological polar surface area (TPSA) is 97.6 Å². The average Bonchev–Trinajstić information content (AvgIpc) is 3.17. The zero-order valence-electron chi connectivity index (χ0n) is 12.6. The smallest absolute Gasteiger partial charge is 0.343 e. The van der Waals surface area contributed by atoms with E-state index in [4.69, 9.17) is 0 Å². The number of aromatic amines is 1. The predicted molar refractivity (Wildman–Crippen MR) is 82.8 cm³/mol. The number of rotatable bonds is 5. The molecule has 0 bridgehead atoms. The molecule has 3 aromatic rings. The van der Waals surface area contributed by atoms with E-state index in [1.807, 2.05) is 41.2 Å². The summed E-state index contributed by atoms with van der Waals surface area (Å²) in [5.74, 6) is -0.418. The third-order valence-corrected chi connectivity index (χ3v) is 3.43. The maximum absolute atomic E-state index is 12.0. The highest BCUT2D eigenvalue weighted by Gasteiger charge is 2.12. The van der Waals surface area contributed by atoms with Crippen molar-refractivity contribution in [1.82, 2.24) is 29.9 Å². The van der Waals surface area contributed by atoms with Crippen molar-refractivity contribution in [3.8, 4) is 0 Å². The van der Waals surface area contributed by atoms with Gasteiger partial charge in [0.25, 0.3) is 5.91 Å². The molecule has 2 aromatic heterocycles. The zero-order valence-corrected chi connectivity index (χ0v) is 12.6. The van der Waals surface area contributed by atoms with E-state index in [2.05, 4.69) is 20.5 Å². The van der Waals surface area contributed by atoms with Gasteiger partial charge < -0.3 is 5.32 Å². The summed E-state index contributed by atoms with van der Waals surface area (Å²) >= 11 is 0. The van der Waals surface area contributed by atoms with Gasteiger partial charge in [-0.25, -0.2) is 9.48 Å². The fourth-order valence-electron chi connectivity index (χ4n) is 2.22. The number of H-pyrrole nitrogens is 1. The summed E-state index contributed by atoms with van der Waals surface area (Å²) in [6, 6.07) is 9.66. The molecular weight excluding hydrogens is 296 g/mol. The second-order valence-corrected chi connectivity index (χ2v) is 5.06. The van der Waals surface area contributed by atoms with Crippen LogP contribution in [-0.4, -0.2) is 30.5 Å². The molecule has 0 aliphatic heterocycles. The van der Waals surface area contributed by atoms with Crippen molar-refractivity contribution in [2.24, 2.45) is 7.05 Å². The summed E-state index contributed by atoms with van der Waals surface area (Å²) in [5, 5.41) is 10.8. The van der Waals surface area contributed by atoms with Crippen LogP contribution in [0.5, 0.6) is 0 Å². The number of carbonyl (C=O) groups excluding carboxylic acids is 1. The number of carbonyl (C=O) groups is 1. The lowest BCUT2D eigenvalue weighted by molar-refractivity contribution is 0.0940. The molecule has 0 unspecified atom stereocenters. The molecule has 3 rings (SSSR count). The Morgan fingerprint density at radius 2 is 2.04 bits per heavy atom. The van der Waals surface area contributed by atoms with Gasteiger partial charge in [-0.3, -0.25) is 14.5 Å². The van der Waals surface area contributed by atoms with Crippen molar-refractivity contribution in [3.05, 3.63) is 70.2 Å². The SMILES string of the molecule is Cn1nc(C(=O)NCc2ccccc2Cn2cccn2)[nH]c1=O. The molecule has 1 aromatic carbocycles. The number of nitrogens with one attached hydrogen (secondary N) is 2. The minimum Gasteiger partial charge on any atom is -0.345 e. The molecule has 2 N–H and O–H groups in total. The Labute approximate surface area is 131 Å². The van der Waals surface area contributed by atoms with Gasteiger partial charge in [-0.05, 0) is 17.2 Å². The second-order valence-electron chi connectivity index (χ2n) is 5.06. The maximum atomic E-state index is 12.0. The number of aromatic nitrogens is 5. The number of benzene rings is 1. The lowest BCUT2D eigenvalue weighted by Gasteiger charge is -2.10. The van der Waals surface area contributed by atoms with Gasteiger partial charge in [0.15, 0.2) is 0 Å². The van der Waals surface area contributed by atoms with Crippen LogP contribution in [0.3, 0.4) is 0 Å². The van der Waals surface area contributed by atoms with E-state index in [1.54, 1.807) is 6.20 Å². The quantitative estimate of drug-likeness (QED) is 0.707. The molecule has 8 heteroatoms. The summed E-state index contributed by atoms with van der Waals surface area (Å²) < 4.78 is 2.90. The second kappa shape index (κ2) is 6.30. The summed E-state index contributed by atoms with van der Waals surface area (Å²) in [4.78, 5) is 25.7. The van der Waals surface area contributed by atoms with Crippen LogP contribution < -0.4 is 11.0 Å². The van der Waals surface area contributed by atoms with Gasteiger partial charge in [0.2, 0.25) is 5.82 Å². The van der Waals surface area contributed by atoms with Crippen molar-refractivity contribution in [1.29, 1.82) is 0 Å². The summed E-state index contributed by atoms with van der Waals surface area (Å²) in [6.45, 7) is 0.967. The Bertz CT molecular complexity index is 862. The number of hydrogen-bond acceptors (Lipinski definition) is 4. The number of nitrogens with zero attached hydrogens (tertiary/aromatic N) is 4. The van der Waals surface area contributed by atoms with Crippen molar-refractivity contribution in [2.75, 3.05) is 0 Å². The Hall–Kier alpha value is -3.16. The van der Waals surface area contributed by atoms with Crippen LogP contribution in [0.4, 0.5) is 0 Å². The molecule has 0 saturated heterocycles. The third kappa shape index (κ3) is 3.37. The highest BCUT2D eigenvalue weighted by Crippen LogP contribution is 2.10. The number of amides is 1. The zero-order chi connectivity index (χ0) is 16.2. The molecule has 23 heavy (non-hydrogen) atoms. The summed E-state index contributed by atoms with van der Waals surface area (Å²) in [7, 11) is 1.48. The van der Waals surface area contributed by atoms with Crippen LogP contribution in [0.15, 0.2) is 47.5 Å². The Kier molecular flexibility index (Phi) is 4.05. The van der Waals surface area contributed by atoms with E-state index in [0.717, 1.165) is 15.8 Å². The lowest BCUT2D eigenvalue weighted by Crippen LogP contribution is -2.25. The van der Waals surface area contributed by atoms with E-state index < -0.39 is 11.6 Å². The molecule has 2 heterocycles. The van der Waals surface area contributed by atoms with Crippen LogP contribution in [0.25, 0.3) is 0 Å². The maximum Gasteiger partial charge on any atom is 0.343 e. The van der Waals surface area contributed by atoms with Gasteiger partial charge in [-0.15, -0.1) is 5.10 Å². The molecule has 0 atom stereocenters. The Balaban J connectivity index is 1.70. The first-order valence-electron chi connectivity index (χ1n) is 7.09. The summed E-state index contributed by atoms with van der Waals surface area (Å²) in [6.07, 6.45) is 3.61. The monoisotopic (exact) mass is 312 g/mol. The van der Waals surface area contributed by atoms with E-state index in [0.29, 0.717) is 13.1 Å².